The Morgan fingerprint density at radius 2 is 0.548 bits per heavy atom. The van der Waals surface area contributed by atoms with Crippen molar-refractivity contribution in [2.45, 2.75) is 227 Å². The van der Waals surface area contributed by atoms with Crippen LogP contribution in [0.15, 0.2) is 12.3 Å². The Bertz CT molecular complexity index is 465. The molecule has 0 amide bonds. The Morgan fingerprint density at radius 1 is 0.333 bits per heavy atom. The largest absolute Gasteiger partial charge is 1.00 e. The van der Waals surface area contributed by atoms with Crippen LogP contribution in [-0.2, 0) is 0 Å². The first-order valence-electron chi connectivity index (χ1n) is 19.7. The highest BCUT2D eigenvalue weighted by Gasteiger charge is 2.30. The molecule has 0 fully saturated rings. The molecule has 0 bridgehead atoms. The van der Waals surface area contributed by atoms with Gasteiger partial charge in [0.15, 0.2) is 0 Å². The van der Waals surface area contributed by atoms with Gasteiger partial charge in [-0.1, -0.05) is 175 Å². The molecule has 0 radical (unpaired) electrons. The average molecular weight is 657 g/mol. The molecule has 0 spiro atoms. The van der Waals surface area contributed by atoms with E-state index in [4.69, 9.17) is 6.58 Å². The molecule has 254 valence electrons. The van der Waals surface area contributed by atoms with Crippen molar-refractivity contribution in [1.82, 2.24) is 0 Å². The number of hydrogen-bond acceptors (Lipinski definition) is 0. The summed E-state index contributed by atoms with van der Waals surface area (Å²) in [6.07, 6.45) is 44.0. The van der Waals surface area contributed by atoms with E-state index >= 15 is 0 Å². The lowest BCUT2D eigenvalue weighted by atomic mass is 10.0. The number of rotatable bonds is 35. The van der Waals surface area contributed by atoms with Crippen LogP contribution in [0.2, 0.25) is 0 Å². The first kappa shape index (κ1) is 44.3. The zero-order valence-corrected chi connectivity index (χ0v) is 31.7. The fourth-order valence-corrected chi connectivity index (χ4v) is 6.80. The van der Waals surface area contributed by atoms with Crippen molar-refractivity contribution < 1.29 is 21.5 Å². The van der Waals surface area contributed by atoms with E-state index in [1.807, 2.05) is 0 Å². The maximum absolute atomic E-state index is 4.88. The van der Waals surface area contributed by atoms with E-state index in [9.17, 15) is 0 Å². The second kappa shape index (κ2) is 35.7. The number of allylic oxidation sites excluding steroid dienone is 1. The Balaban J connectivity index is 0. The lowest BCUT2D eigenvalue weighted by molar-refractivity contribution is -0.894. The van der Waals surface area contributed by atoms with Crippen LogP contribution in [0.1, 0.15) is 227 Å². The van der Waals surface area contributed by atoms with Crippen LogP contribution >= 0.6 is 0 Å². The zero-order valence-electron chi connectivity index (χ0n) is 30.1. The van der Waals surface area contributed by atoms with Crippen LogP contribution in [0, 0.1) is 0 Å². The fraction of sp³-hybridized carbons (Fsp3) is 0.950. The standard InChI is InChI=1S/C40H82N.BrH/c1-6-10-14-18-22-25-29-33-37-41(38-34-30-26-23-19-15-11-7-2,39-35-31-27-24-20-16-12-8-3)40(5)36-32-28-21-17-13-9-4;/h5-39H2,1-4H3;1H/q+1;/p-1. The number of quaternary nitrogens is 1. The molecule has 0 rings (SSSR count). The molecule has 0 saturated heterocycles. The van der Waals surface area contributed by atoms with Gasteiger partial charge < -0.3 is 17.0 Å². The van der Waals surface area contributed by atoms with Crippen molar-refractivity contribution in [2.75, 3.05) is 19.6 Å². The second-order valence-electron chi connectivity index (χ2n) is 13.8. The summed E-state index contributed by atoms with van der Waals surface area (Å²) in [7, 11) is 0. The van der Waals surface area contributed by atoms with Crippen molar-refractivity contribution in [1.29, 1.82) is 0 Å². The molecule has 0 atom stereocenters. The quantitative estimate of drug-likeness (QED) is 0.0470. The number of unbranched alkanes of at least 4 members (excludes halogenated alkanes) is 26. The SMILES string of the molecule is C=C(CCCCCCCC)[N+](CCCCCCCCCC)(CCCCCCCCCC)CCCCCCCCCC.[Br-]. The van der Waals surface area contributed by atoms with Gasteiger partial charge in [-0.3, -0.25) is 4.48 Å². The van der Waals surface area contributed by atoms with Gasteiger partial charge in [-0.05, 0) is 51.5 Å². The molecule has 0 N–H and O–H groups in total. The molecule has 0 saturated carbocycles. The normalized spacial score (nSPS) is 11.6. The minimum atomic E-state index is 0. The lowest BCUT2D eigenvalue weighted by Crippen LogP contribution is -3.00. The van der Waals surface area contributed by atoms with Crippen molar-refractivity contribution in [3.63, 3.8) is 0 Å². The van der Waals surface area contributed by atoms with Gasteiger partial charge in [0.05, 0.1) is 19.6 Å². The summed E-state index contributed by atoms with van der Waals surface area (Å²) in [5, 5.41) is 0. The van der Waals surface area contributed by atoms with E-state index in [-0.39, 0.29) is 17.0 Å². The van der Waals surface area contributed by atoms with Gasteiger partial charge in [-0.25, -0.2) is 0 Å². The third-order valence-electron chi connectivity index (χ3n) is 9.81. The molecule has 2 heteroatoms. The van der Waals surface area contributed by atoms with Crippen LogP contribution in [0.3, 0.4) is 0 Å². The first-order chi connectivity index (χ1) is 20.2. The highest BCUT2D eigenvalue weighted by Crippen LogP contribution is 2.27. The zero-order chi connectivity index (χ0) is 30.1. The molecule has 1 nitrogen and oxygen atoms in total. The van der Waals surface area contributed by atoms with Crippen LogP contribution in [0.4, 0.5) is 0 Å². The fourth-order valence-electron chi connectivity index (χ4n) is 6.80. The monoisotopic (exact) mass is 656 g/mol. The van der Waals surface area contributed by atoms with E-state index in [1.165, 1.54) is 223 Å². The van der Waals surface area contributed by atoms with E-state index in [1.54, 1.807) is 5.70 Å². The van der Waals surface area contributed by atoms with E-state index in [0.29, 0.717) is 0 Å². The predicted molar refractivity (Wildman–Crippen MR) is 190 cm³/mol. The number of halogens is 1. The second-order valence-corrected chi connectivity index (χ2v) is 13.8. The minimum absolute atomic E-state index is 0. The van der Waals surface area contributed by atoms with Crippen LogP contribution in [-0.4, -0.2) is 24.1 Å². The molecule has 0 aliphatic rings. The first-order valence-corrected chi connectivity index (χ1v) is 19.7. The van der Waals surface area contributed by atoms with Crippen LogP contribution in [0.5, 0.6) is 0 Å². The molecule has 42 heavy (non-hydrogen) atoms. The highest BCUT2D eigenvalue weighted by molar-refractivity contribution is 4.85. The van der Waals surface area contributed by atoms with Gasteiger partial charge in [-0.15, -0.1) is 0 Å². The Hall–Kier alpha value is 0.180. The van der Waals surface area contributed by atoms with E-state index in [2.05, 4.69) is 27.7 Å². The third kappa shape index (κ3) is 27.7. The highest BCUT2D eigenvalue weighted by atomic mass is 79.9. The molecule has 0 aliphatic carbocycles. The summed E-state index contributed by atoms with van der Waals surface area (Å²) in [5.74, 6) is 0. The molecule has 0 aliphatic heterocycles. The molecular formula is C40H82BrN. The molecular weight excluding hydrogens is 574 g/mol. The van der Waals surface area contributed by atoms with Gasteiger partial charge in [-0.2, -0.15) is 0 Å². The lowest BCUT2D eigenvalue weighted by Gasteiger charge is -2.40. The molecule has 0 aromatic heterocycles. The van der Waals surface area contributed by atoms with Crippen LogP contribution < -0.4 is 17.0 Å². The van der Waals surface area contributed by atoms with Gasteiger partial charge in [0.25, 0.3) is 0 Å². The molecule has 0 unspecified atom stereocenters. The van der Waals surface area contributed by atoms with E-state index in [0.717, 1.165) is 0 Å². The third-order valence-corrected chi connectivity index (χ3v) is 9.81. The summed E-state index contributed by atoms with van der Waals surface area (Å²) in [6.45, 7) is 18.3. The minimum Gasteiger partial charge on any atom is -1.00 e. The molecule has 0 aromatic carbocycles. The van der Waals surface area contributed by atoms with Gasteiger partial charge in [0.2, 0.25) is 0 Å². The van der Waals surface area contributed by atoms with Crippen molar-refractivity contribution in [3.05, 3.63) is 12.3 Å². The van der Waals surface area contributed by atoms with Crippen molar-refractivity contribution in [2.24, 2.45) is 0 Å². The summed E-state index contributed by atoms with van der Waals surface area (Å²) in [4.78, 5) is 0. The average Bonchev–Trinajstić information content (AvgIpc) is 2.98. The number of nitrogens with zero attached hydrogens (tertiary/aromatic N) is 1. The Morgan fingerprint density at radius 3 is 0.810 bits per heavy atom. The Labute approximate surface area is 279 Å². The van der Waals surface area contributed by atoms with E-state index < -0.39 is 0 Å². The van der Waals surface area contributed by atoms with Crippen molar-refractivity contribution in [3.8, 4) is 0 Å². The summed E-state index contributed by atoms with van der Waals surface area (Å²) in [5.41, 5.74) is 1.61. The Kier molecular flexibility index (Phi) is 37.6. The predicted octanol–water partition coefficient (Wildman–Crippen LogP) is 11.5. The van der Waals surface area contributed by atoms with Gasteiger partial charge in [0.1, 0.15) is 5.70 Å². The van der Waals surface area contributed by atoms with Crippen LogP contribution in [0.25, 0.3) is 0 Å². The maximum atomic E-state index is 4.88. The molecule has 0 aromatic rings. The summed E-state index contributed by atoms with van der Waals surface area (Å²) in [6, 6.07) is 0. The van der Waals surface area contributed by atoms with Crippen molar-refractivity contribution >= 4 is 0 Å². The maximum Gasteiger partial charge on any atom is 0.101 e. The summed E-state index contributed by atoms with van der Waals surface area (Å²) >= 11 is 0. The van der Waals surface area contributed by atoms with Gasteiger partial charge in [0, 0.05) is 6.42 Å². The van der Waals surface area contributed by atoms with Gasteiger partial charge >= 0.3 is 0 Å². The topological polar surface area (TPSA) is 0 Å². The number of hydrogen-bond donors (Lipinski definition) is 0. The molecule has 0 heterocycles. The smallest absolute Gasteiger partial charge is 0.101 e. The summed E-state index contributed by atoms with van der Waals surface area (Å²) < 4.78 is 1.27.